The Morgan fingerprint density at radius 3 is 1.33 bits per heavy atom. The number of tetrazole rings is 1. The van der Waals surface area contributed by atoms with Crippen LogP contribution in [-0.2, 0) is 42.1 Å². The van der Waals surface area contributed by atoms with Gasteiger partial charge in [0.25, 0.3) is 0 Å². The van der Waals surface area contributed by atoms with E-state index in [2.05, 4.69) is 91.4 Å². The van der Waals surface area contributed by atoms with Crippen LogP contribution in [0.4, 0.5) is 0 Å². The lowest BCUT2D eigenvalue weighted by atomic mass is 9.96. The van der Waals surface area contributed by atoms with Crippen LogP contribution in [0, 0.1) is 10.8 Å². The fourth-order valence-electron chi connectivity index (χ4n) is 3.84. The first-order valence-corrected chi connectivity index (χ1v) is 25.9. The molecule has 0 fully saturated rings. The zero-order valence-corrected chi connectivity index (χ0v) is 51.0. The number of carboxylic acids is 1. The maximum absolute atomic E-state index is 10.6. The van der Waals surface area contributed by atoms with Crippen LogP contribution in [0.2, 0.25) is 0 Å². The average molecular weight is 1130 g/mol. The van der Waals surface area contributed by atoms with Crippen molar-refractivity contribution in [3.05, 3.63) is 96.7 Å². The Bertz CT molecular complexity index is 2640. The van der Waals surface area contributed by atoms with Gasteiger partial charge < -0.3 is 14.4 Å². The second-order valence-corrected chi connectivity index (χ2v) is 27.3. The van der Waals surface area contributed by atoms with Crippen molar-refractivity contribution in [2.75, 3.05) is 0 Å². The molecule has 26 nitrogen and oxygen atoms in total. The van der Waals surface area contributed by atoms with Crippen molar-refractivity contribution in [2.45, 2.75) is 199 Å². The summed E-state index contributed by atoms with van der Waals surface area (Å²) in [7, 11) is 0. The Kier molecular flexibility index (Phi) is 25.7. The van der Waals surface area contributed by atoms with Gasteiger partial charge in [-0.25, -0.2) is 30.1 Å². The predicted octanol–water partition coefficient (Wildman–Crippen LogP) is 7.76. The lowest BCUT2D eigenvalue weighted by Crippen LogP contribution is -2.22. The van der Waals surface area contributed by atoms with Crippen molar-refractivity contribution < 1.29 is 23.7 Å². The van der Waals surface area contributed by atoms with E-state index in [4.69, 9.17) is 14.4 Å². The van der Waals surface area contributed by atoms with E-state index in [1.807, 2.05) is 145 Å². The van der Waals surface area contributed by atoms with Gasteiger partial charge >= 0.3 is 32.9 Å². The van der Waals surface area contributed by atoms with Gasteiger partial charge in [0.15, 0.2) is 17.5 Å². The van der Waals surface area contributed by atoms with Crippen LogP contribution in [-0.4, -0.2) is 86.8 Å². The molecule has 0 atom stereocenters. The van der Waals surface area contributed by atoms with E-state index in [0.29, 0.717) is 23.4 Å². The van der Waals surface area contributed by atoms with Gasteiger partial charge in [-0.3, -0.25) is 33.2 Å². The number of hydroxylamine groups is 1. The van der Waals surface area contributed by atoms with Crippen LogP contribution in [0.3, 0.4) is 0 Å². The third-order valence-corrected chi connectivity index (χ3v) is 11.2. The number of carbonyl (C=O) groups is 1. The van der Waals surface area contributed by atoms with Crippen LogP contribution >= 0.6 is 34.4 Å². The molecule has 0 amide bonds. The normalized spacial score (nSPS) is 12.6. The molecule has 0 unspecified atom stereocenters. The number of H-pyrrole nitrogens is 6. The molecule has 7 rings (SSSR count). The molecular formula is C47H82N16O10S3. The van der Waals surface area contributed by atoms with Gasteiger partial charge in [0.2, 0.25) is 11.8 Å². The summed E-state index contributed by atoms with van der Waals surface area (Å²) >= 11 is 3.45. The molecule has 0 spiro atoms. The molecule has 0 aliphatic carbocycles. The lowest BCUT2D eigenvalue weighted by Gasteiger charge is -2.14. The molecule has 6 aromatic rings. The first-order chi connectivity index (χ1) is 34.0. The van der Waals surface area contributed by atoms with Gasteiger partial charge in [0.05, 0.1) is 5.41 Å². The van der Waals surface area contributed by atoms with Gasteiger partial charge in [-0.05, 0) is 32.3 Å². The topological polar surface area (TPSA) is 380 Å². The first kappa shape index (κ1) is 69.5. The minimum atomic E-state index is -0.757. The predicted molar refractivity (Wildman–Crippen MR) is 296 cm³/mol. The van der Waals surface area contributed by atoms with Crippen molar-refractivity contribution in [3.63, 3.8) is 0 Å². The third kappa shape index (κ3) is 28.4. The van der Waals surface area contributed by atoms with Gasteiger partial charge in [0, 0.05) is 49.4 Å². The number of hydrogen-bond acceptors (Lipinski definition) is 22. The molecule has 76 heavy (non-hydrogen) atoms. The highest BCUT2D eigenvalue weighted by molar-refractivity contribution is 7.09. The number of nitrogens with zero attached hydrogens (tertiary/aromatic N) is 9. The SMILES string of the molecule is C=C1N=C(C(C)(C)C)ON1.CC(C)(C)C(=O)O.CC(C)(C)c1n[nH]c(=O)o1.CC(C)(C)c1n[nH]c(=O)s1.CC(C)(C)c1nc(=O)[nH]s1.CC(C)(C)c1nn[nH]n1.CC(C)(C)c1noc(=O)[nH]1.CC(C)(C)c1nsc(=O)[nH]1. The zero-order chi connectivity index (χ0) is 59.6. The summed E-state index contributed by atoms with van der Waals surface area (Å²) < 4.78 is 15.6. The maximum atomic E-state index is 10.6. The summed E-state index contributed by atoms with van der Waals surface area (Å²) in [4.78, 5) is 80.6. The number of aliphatic carboxylic acids is 1. The van der Waals surface area contributed by atoms with Crippen LogP contribution in [0.25, 0.3) is 0 Å². The molecule has 8 N–H and O–H groups in total. The van der Waals surface area contributed by atoms with Gasteiger partial charge in [-0.2, -0.15) is 24.7 Å². The van der Waals surface area contributed by atoms with E-state index in [1.165, 1.54) is 22.9 Å². The Morgan fingerprint density at radius 1 is 0.605 bits per heavy atom. The molecule has 0 radical (unpaired) electrons. The molecule has 0 saturated carbocycles. The van der Waals surface area contributed by atoms with Gasteiger partial charge in [-0.1, -0.05) is 174 Å². The number of rotatable bonds is 0. The number of aliphatic imine (C=N–C) groups is 1. The van der Waals surface area contributed by atoms with E-state index in [0.717, 1.165) is 33.2 Å². The number of aromatic nitrogens is 14. The highest BCUT2D eigenvalue weighted by atomic mass is 32.1. The van der Waals surface area contributed by atoms with Crippen LogP contribution in [0.5, 0.6) is 0 Å². The summed E-state index contributed by atoms with van der Waals surface area (Å²) in [5.74, 6) is 2.06. The molecule has 0 saturated heterocycles. The number of nitrogens with one attached hydrogen (secondary N) is 7. The van der Waals surface area contributed by atoms with E-state index in [1.54, 1.807) is 20.8 Å². The van der Waals surface area contributed by atoms with E-state index < -0.39 is 22.9 Å². The van der Waals surface area contributed by atoms with Crippen LogP contribution < -0.4 is 32.4 Å². The Labute approximate surface area is 454 Å². The third-order valence-electron chi connectivity index (χ3n) is 8.34. The van der Waals surface area contributed by atoms with Crippen LogP contribution in [0.1, 0.15) is 200 Å². The van der Waals surface area contributed by atoms with E-state index in [-0.39, 0.29) is 53.3 Å². The monoisotopic (exact) mass is 1130 g/mol. The second-order valence-electron chi connectivity index (χ2n) is 24.8. The number of carboxylic acid groups (broad SMARTS) is 1. The molecule has 0 bridgehead atoms. The standard InChI is InChI=1S/C7H12N2O.2C6H10N2O2.3C6H10N2OS.C5H10N4.C5H10O2/c1-5-8-6(10-9-5)7(2,3)4;1-6(2,3)4-7-8-5(9)10-4;1-6(2,3)4-7-5(9)10-8-4;1-6(2,3)4-7-8-5(9)10-4;1-6(2,3)4-7-5(9)8-10-4;1-6(2,3)4-7-5(9)10-8-4;1-5(2,3)4-6-8-9-7-4;1-5(2,3)4(6)7/h9H,1H2,2-4H3;1-3H3,(H,8,9);1-3H3,(H,7,8,9);2*1-3H3,(H,8,9);1-3H3,(H,7,8,9);1-3H3,(H,6,7,8,9);1-3H3,(H,6,7). The first-order valence-electron chi connectivity index (χ1n) is 23.5. The van der Waals surface area contributed by atoms with E-state index in [9.17, 15) is 28.8 Å². The number of aromatic amines is 6. The summed E-state index contributed by atoms with van der Waals surface area (Å²) in [6.07, 6.45) is 0. The maximum Gasteiger partial charge on any atom is 0.438 e. The smallest absolute Gasteiger partial charge is 0.438 e. The fraction of sp³-hybridized carbons (Fsp3) is 0.681. The Balaban J connectivity index is 0.000000848. The summed E-state index contributed by atoms with van der Waals surface area (Å²) in [5, 5.41) is 39.2. The molecule has 428 valence electrons. The summed E-state index contributed by atoms with van der Waals surface area (Å²) in [6, 6.07) is 0. The largest absolute Gasteiger partial charge is 0.481 e. The average Bonchev–Trinajstić information content (AvgIpc) is 4.07. The Morgan fingerprint density at radius 2 is 1.14 bits per heavy atom. The van der Waals surface area contributed by atoms with Crippen molar-refractivity contribution in [3.8, 4) is 0 Å². The van der Waals surface area contributed by atoms with Crippen molar-refractivity contribution in [1.82, 2.24) is 75.4 Å². The highest BCUT2D eigenvalue weighted by Gasteiger charge is 2.26. The quantitative estimate of drug-likeness (QED) is 0.0720. The molecule has 29 heteroatoms. The van der Waals surface area contributed by atoms with E-state index >= 15 is 0 Å². The number of hydrogen-bond donors (Lipinski definition) is 8. The summed E-state index contributed by atoms with van der Waals surface area (Å²) in [6.45, 7) is 50.6. The van der Waals surface area contributed by atoms with Crippen molar-refractivity contribution in [1.29, 1.82) is 0 Å². The molecule has 7 heterocycles. The second kappa shape index (κ2) is 28.0. The minimum Gasteiger partial charge on any atom is -0.481 e. The molecule has 1 aliphatic heterocycles. The van der Waals surface area contributed by atoms with Crippen molar-refractivity contribution in [2.24, 2.45) is 15.8 Å². The summed E-state index contributed by atoms with van der Waals surface area (Å²) in [5.41, 5.74) is 1.32. The van der Waals surface area contributed by atoms with Crippen LogP contribution in [0.15, 0.2) is 50.3 Å². The molecule has 6 aromatic heterocycles. The molecule has 0 aromatic carbocycles. The lowest BCUT2D eigenvalue weighted by molar-refractivity contribution is -0.145. The van der Waals surface area contributed by atoms with Crippen molar-refractivity contribution >= 4 is 46.3 Å². The fourth-order valence-corrected chi connectivity index (χ4v) is 5.80. The molecular weight excluding hydrogens is 1040 g/mol. The van der Waals surface area contributed by atoms with Gasteiger partial charge in [0.1, 0.15) is 15.8 Å². The molecule has 1 aliphatic rings. The Hall–Kier alpha value is -6.49. The minimum absolute atomic E-state index is 0.00694. The zero-order valence-electron chi connectivity index (χ0n) is 48.6. The highest BCUT2D eigenvalue weighted by Crippen LogP contribution is 2.23. The van der Waals surface area contributed by atoms with Gasteiger partial charge in [-0.15, -0.1) is 15.3 Å².